The lowest BCUT2D eigenvalue weighted by Crippen LogP contribution is -1.95. The van der Waals surface area contributed by atoms with Crippen LogP contribution < -0.4 is 10.2 Å². The molecule has 3 nitrogen and oxygen atoms in total. The molecule has 0 spiro atoms. The van der Waals surface area contributed by atoms with E-state index in [2.05, 4.69) is 15.9 Å². The topological polar surface area (TPSA) is 46.5 Å². The summed E-state index contributed by atoms with van der Waals surface area (Å²) in [6.45, 7) is 3.95. The third-order valence-corrected chi connectivity index (χ3v) is 2.96. The summed E-state index contributed by atoms with van der Waals surface area (Å²) in [6.07, 6.45) is 0. The van der Waals surface area contributed by atoms with E-state index in [1.807, 2.05) is 13.8 Å². The number of halogens is 1. The summed E-state index contributed by atoms with van der Waals surface area (Å²) >= 11 is 3.22. The molecule has 0 fully saturated rings. The van der Waals surface area contributed by atoms with Gasteiger partial charge in [0.05, 0.1) is 11.6 Å². The van der Waals surface area contributed by atoms with E-state index >= 15 is 0 Å². The van der Waals surface area contributed by atoms with Gasteiger partial charge in [0.15, 0.2) is 5.75 Å². The van der Waals surface area contributed by atoms with Gasteiger partial charge in [0.1, 0.15) is 5.75 Å². The highest BCUT2D eigenvalue weighted by Gasteiger charge is 2.11. The quantitative estimate of drug-likeness (QED) is 0.901. The van der Waals surface area contributed by atoms with Crippen molar-refractivity contribution in [1.82, 2.24) is 0 Å². The van der Waals surface area contributed by atoms with Gasteiger partial charge in [0, 0.05) is 6.07 Å². The summed E-state index contributed by atoms with van der Waals surface area (Å²) in [6, 6.07) is 3.02. The van der Waals surface area contributed by atoms with Crippen molar-refractivity contribution in [3.05, 3.63) is 32.4 Å². The van der Waals surface area contributed by atoms with E-state index in [0.717, 1.165) is 5.56 Å². The van der Waals surface area contributed by atoms with Crippen LogP contribution in [0.3, 0.4) is 0 Å². The second kappa shape index (κ2) is 4.66. The van der Waals surface area contributed by atoms with Gasteiger partial charge in [-0.05, 0) is 33.5 Å². The van der Waals surface area contributed by atoms with Crippen LogP contribution in [-0.2, 0) is 0 Å². The Balaban J connectivity index is 3.62. The summed E-state index contributed by atoms with van der Waals surface area (Å²) in [4.78, 5) is 11.4. The smallest absolute Gasteiger partial charge is 0.225 e. The zero-order valence-corrected chi connectivity index (χ0v) is 10.5. The van der Waals surface area contributed by atoms with Crippen molar-refractivity contribution in [2.24, 2.45) is 0 Å². The fraction of sp³-hybridized carbons (Fsp3) is 0.364. The van der Waals surface area contributed by atoms with Crippen molar-refractivity contribution in [1.29, 1.82) is 0 Å². The molecule has 0 heterocycles. The Morgan fingerprint density at radius 2 is 2.00 bits per heavy atom. The maximum absolute atomic E-state index is 11.4. The van der Waals surface area contributed by atoms with Gasteiger partial charge in [0.25, 0.3) is 0 Å². The number of methoxy groups -OCH3 is 1. The molecule has 0 atom stereocenters. The molecule has 1 aromatic carbocycles. The van der Waals surface area contributed by atoms with Crippen LogP contribution in [0, 0.1) is 0 Å². The number of aromatic hydroxyl groups is 1. The Hall–Kier alpha value is -1.03. The molecule has 0 amide bonds. The van der Waals surface area contributed by atoms with Crippen molar-refractivity contribution < 1.29 is 9.84 Å². The summed E-state index contributed by atoms with van der Waals surface area (Å²) in [7, 11) is 1.49. The maximum atomic E-state index is 11.4. The molecule has 4 heteroatoms. The second-order valence-corrected chi connectivity index (χ2v) is 4.33. The van der Waals surface area contributed by atoms with Gasteiger partial charge in [-0.3, -0.25) is 4.79 Å². The highest BCUT2D eigenvalue weighted by molar-refractivity contribution is 9.10. The van der Waals surface area contributed by atoms with Crippen LogP contribution in [0.15, 0.2) is 21.4 Å². The molecule has 82 valence electrons. The molecule has 1 N–H and O–H groups in total. The minimum absolute atomic E-state index is 0.186. The van der Waals surface area contributed by atoms with E-state index in [4.69, 9.17) is 4.74 Å². The summed E-state index contributed by atoms with van der Waals surface area (Å²) in [5.74, 6) is 0.359. The van der Waals surface area contributed by atoms with Crippen LogP contribution in [0.2, 0.25) is 0 Å². The highest BCUT2D eigenvalue weighted by atomic mass is 79.9. The summed E-state index contributed by atoms with van der Waals surface area (Å²) in [5.41, 5.74) is 0.386. The molecule has 0 saturated carbocycles. The zero-order valence-electron chi connectivity index (χ0n) is 8.87. The second-order valence-electron chi connectivity index (χ2n) is 3.53. The first-order valence-electron chi connectivity index (χ1n) is 4.58. The van der Waals surface area contributed by atoms with Gasteiger partial charge in [-0.2, -0.15) is 0 Å². The lowest BCUT2D eigenvalue weighted by atomic mass is 10.1. The molecular weight excluding hydrogens is 260 g/mol. The van der Waals surface area contributed by atoms with Crippen molar-refractivity contribution in [3.63, 3.8) is 0 Å². The standard InChI is InChI=1S/C11H13BrO3/c1-6(2)8-4-7(15-3)5-9(13)11(14)10(8)12/h4-6H,1-3H3,(H,13,14). The van der Waals surface area contributed by atoms with Gasteiger partial charge in [0.2, 0.25) is 5.43 Å². The van der Waals surface area contributed by atoms with Crippen molar-refractivity contribution in [3.8, 4) is 11.5 Å². The number of hydrogen-bond acceptors (Lipinski definition) is 3. The number of hydrogen-bond donors (Lipinski definition) is 1. The Bertz CT molecular complexity index is 427. The van der Waals surface area contributed by atoms with Crippen LogP contribution in [-0.4, -0.2) is 12.2 Å². The largest absolute Gasteiger partial charge is 0.503 e. The van der Waals surface area contributed by atoms with E-state index in [1.165, 1.54) is 13.2 Å². The van der Waals surface area contributed by atoms with E-state index in [0.29, 0.717) is 10.2 Å². The molecule has 0 aliphatic rings. The average molecular weight is 273 g/mol. The minimum atomic E-state index is -0.453. The van der Waals surface area contributed by atoms with Crippen LogP contribution in [0.1, 0.15) is 25.3 Å². The lowest BCUT2D eigenvalue weighted by Gasteiger charge is -2.06. The van der Waals surface area contributed by atoms with E-state index in [-0.39, 0.29) is 11.7 Å². The van der Waals surface area contributed by atoms with E-state index in [1.54, 1.807) is 6.07 Å². The number of ether oxygens (including phenoxy) is 1. The molecule has 0 aliphatic heterocycles. The molecule has 0 bridgehead atoms. The fourth-order valence-corrected chi connectivity index (χ4v) is 2.01. The molecule has 0 unspecified atom stereocenters. The summed E-state index contributed by atoms with van der Waals surface area (Å²) in [5, 5.41) is 9.60. The van der Waals surface area contributed by atoms with Crippen LogP contribution >= 0.6 is 15.9 Å². The van der Waals surface area contributed by atoms with E-state index in [9.17, 15) is 9.90 Å². The zero-order chi connectivity index (χ0) is 11.6. The van der Waals surface area contributed by atoms with Crippen molar-refractivity contribution >= 4 is 15.9 Å². The molecule has 0 saturated heterocycles. The van der Waals surface area contributed by atoms with Gasteiger partial charge in [-0.1, -0.05) is 13.8 Å². The first-order chi connectivity index (χ1) is 6.97. The average Bonchev–Trinajstić information content (AvgIpc) is 2.29. The van der Waals surface area contributed by atoms with Crippen molar-refractivity contribution in [2.75, 3.05) is 7.11 Å². The van der Waals surface area contributed by atoms with Gasteiger partial charge < -0.3 is 9.84 Å². The highest BCUT2D eigenvalue weighted by Crippen LogP contribution is 2.31. The lowest BCUT2D eigenvalue weighted by molar-refractivity contribution is 0.414. The maximum Gasteiger partial charge on any atom is 0.225 e. The molecule has 0 radical (unpaired) electrons. The monoisotopic (exact) mass is 272 g/mol. The van der Waals surface area contributed by atoms with Crippen molar-refractivity contribution in [2.45, 2.75) is 19.8 Å². The summed E-state index contributed by atoms with van der Waals surface area (Å²) < 4.78 is 5.46. The number of rotatable bonds is 2. The van der Waals surface area contributed by atoms with Gasteiger partial charge in [-0.25, -0.2) is 0 Å². The normalized spacial score (nSPS) is 10.5. The van der Waals surface area contributed by atoms with E-state index < -0.39 is 5.43 Å². The van der Waals surface area contributed by atoms with Gasteiger partial charge in [-0.15, -0.1) is 0 Å². The molecule has 1 aromatic rings. The van der Waals surface area contributed by atoms with Gasteiger partial charge >= 0.3 is 0 Å². The third kappa shape index (κ3) is 2.50. The Morgan fingerprint density at radius 1 is 1.40 bits per heavy atom. The van der Waals surface area contributed by atoms with Crippen LogP contribution in [0.5, 0.6) is 11.5 Å². The molecule has 0 aliphatic carbocycles. The SMILES string of the molecule is COc1cc(C(C)C)c(Br)c(O)c(=O)c1. The fourth-order valence-electron chi connectivity index (χ4n) is 1.24. The minimum Gasteiger partial charge on any atom is -0.503 e. The molecule has 1 rings (SSSR count). The Kier molecular flexibility index (Phi) is 3.74. The predicted molar refractivity (Wildman–Crippen MR) is 62.7 cm³/mol. The molecular formula is C11H13BrO3. The first kappa shape index (κ1) is 12.0. The Morgan fingerprint density at radius 3 is 2.47 bits per heavy atom. The molecule has 0 aromatic heterocycles. The third-order valence-electron chi connectivity index (χ3n) is 2.12. The van der Waals surface area contributed by atoms with Crippen LogP contribution in [0.4, 0.5) is 0 Å². The van der Waals surface area contributed by atoms with Crippen LogP contribution in [0.25, 0.3) is 0 Å². The first-order valence-corrected chi connectivity index (χ1v) is 5.37. The molecule has 15 heavy (non-hydrogen) atoms. The predicted octanol–water partition coefficient (Wildman–Crippen LogP) is 2.65. The Labute approximate surface area is 96.8 Å².